The molecule has 0 aliphatic heterocycles. The van der Waals surface area contributed by atoms with Crippen molar-refractivity contribution >= 4 is 27.5 Å². The number of aromatic nitrogens is 1. The molecule has 0 aliphatic rings. The van der Waals surface area contributed by atoms with Crippen LogP contribution in [0.2, 0.25) is 0 Å². The Kier molecular flexibility index (Phi) is 2.32. The monoisotopic (exact) mass is 208 g/mol. The third kappa shape index (κ3) is 1.67. The van der Waals surface area contributed by atoms with Gasteiger partial charge in [0, 0.05) is 0 Å². The molecule has 0 radical (unpaired) electrons. The molecule has 1 heterocycles. The van der Waals surface area contributed by atoms with Gasteiger partial charge >= 0.3 is 0 Å². The highest BCUT2D eigenvalue weighted by atomic mass is 32.1. The minimum absolute atomic E-state index is 0.131. The van der Waals surface area contributed by atoms with Crippen LogP contribution in [-0.2, 0) is 4.79 Å². The van der Waals surface area contributed by atoms with E-state index >= 15 is 0 Å². The summed E-state index contributed by atoms with van der Waals surface area (Å²) in [7, 11) is 0. The second kappa shape index (κ2) is 3.63. The quantitative estimate of drug-likeness (QED) is 0.823. The minimum Gasteiger partial charge on any atom is -0.467 e. The van der Waals surface area contributed by atoms with Gasteiger partial charge in [0.15, 0.2) is 6.61 Å². The zero-order valence-electron chi connectivity index (χ0n) is 7.27. The lowest BCUT2D eigenvalue weighted by Crippen LogP contribution is -2.20. The molecule has 0 unspecified atom stereocenters. The van der Waals surface area contributed by atoms with Crippen molar-refractivity contribution in [2.24, 2.45) is 5.73 Å². The van der Waals surface area contributed by atoms with Crippen molar-refractivity contribution in [1.29, 1.82) is 0 Å². The van der Waals surface area contributed by atoms with E-state index in [2.05, 4.69) is 4.37 Å². The van der Waals surface area contributed by atoms with Crippen molar-refractivity contribution in [1.82, 2.24) is 4.37 Å². The Morgan fingerprint density at radius 2 is 2.29 bits per heavy atom. The van der Waals surface area contributed by atoms with Gasteiger partial charge in [-0.25, -0.2) is 0 Å². The Bertz CT molecular complexity index is 467. The molecule has 1 aromatic carbocycles. The fourth-order valence-electron chi connectivity index (χ4n) is 1.11. The van der Waals surface area contributed by atoms with Gasteiger partial charge in [-0.05, 0) is 23.7 Å². The molecule has 0 atom stereocenters. The number of hydrogen-bond donors (Lipinski definition) is 1. The average Bonchev–Trinajstić information content (AvgIpc) is 2.58. The van der Waals surface area contributed by atoms with Gasteiger partial charge in [0.1, 0.15) is 0 Å². The maximum absolute atomic E-state index is 10.5. The van der Waals surface area contributed by atoms with Crippen molar-refractivity contribution in [3.05, 3.63) is 24.3 Å². The number of benzene rings is 1. The first-order chi connectivity index (χ1) is 6.77. The van der Waals surface area contributed by atoms with Crippen LogP contribution in [0.4, 0.5) is 0 Å². The van der Waals surface area contributed by atoms with Crippen molar-refractivity contribution in [2.75, 3.05) is 6.61 Å². The molecule has 0 saturated carbocycles. The molecule has 2 aromatic rings. The fraction of sp³-hybridized carbons (Fsp3) is 0.111. The second-order valence-corrected chi connectivity index (χ2v) is 3.54. The van der Waals surface area contributed by atoms with Crippen LogP contribution in [0.15, 0.2) is 24.3 Å². The van der Waals surface area contributed by atoms with E-state index in [9.17, 15) is 4.79 Å². The van der Waals surface area contributed by atoms with Crippen LogP contribution >= 0.6 is 11.5 Å². The largest absolute Gasteiger partial charge is 0.467 e. The van der Waals surface area contributed by atoms with E-state index in [1.54, 1.807) is 0 Å². The van der Waals surface area contributed by atoms with Gasteiger partial charge in [-0.3, -0.25) is 4.79 Å². The van der Waals surface area contributed by atoms with E-state index in [0.717, 1.165) is 10.1 Å². The highest BCUT2D eigenvalue weighted by Crippen LogP contribution is 2.27. The molecular weight excluding hydrogens is 200 g/mol. The summed E-state index contributed by atoms with van der Waals surface area (Å²) in [5.74, 6) is -0.0218. The number of nitrogens with zero attached hydrogens (tertiary/aromatic N) is 1. The lowest BCUT2D eigenvalue weighted by atomic mass is 10.3. The molecule has 14 heavy (non-hydrogen) atoms. The van der Waals surface area contributed by atoms with Crippen LogP contribution in [0.25, 0.3) is 10.1 Å². The van der Waals surface area contributed by atoms with Gasteiger partial charge in [-0.1, -0.05) is 12.1 Å². The molecule has 4 nitrogen and oxygen atoms in total. The van der Waals surface area contributed by atoms with Gasteiger partial charge < -0.3 is 10.5 Å². The van der Waals surface area contributed by atoms with Gasteiger partial charge in [-0.2, -0.15) is 4.37 Å². The summed E-state index contributed by atoms with van der Waals surface area (Å²) >= 11 is 1.34. The molecule has 2 N–H and O–H groups in total. The zero-order chi connectivity index (χ0) is 9.97. The van der Waals surface area contributed by atoms with Crippen LogP contribution in [0.3, 0.4) is 0 Å². The molecular formula is C9H8N2O2S. The standard InChI is InChI=1S/C9H8N2O2S/c10-8(12)5-13-9-6-3-1-2-4-7(6)14-11-9/h1-4H,5H2,(H2,10,12). The summed E-state index contributed by atoms with van der Waals surface area (Å²) in [5.41, 5.74) is 4.96. The van der Waals surface area contributed by atoms with Crippen molar-refractivity contribution in [3.63, 3.8) is 0 Å². The Morgan fingerprint density at radius 1 is 1.50 bits per heavy atom. The molecule has 1 aromatic heterocycles. The number of primary amides is 1. The van der Waals surface area contributed by atoms with E-state index in [1.807, 2.05) is 24.3 Å². The Hall–Kier alpha value is -1.62. The predicted octanol–water partition coefficient (Wildman–Crippen LogP) is 1.16. The lowest BCUT2D eigenvalue weighted by molar-refractivity contribution is -0.119. The number of carbonyl (C=O) groups is 1. The molecule has 0 saturated heterocycles. The number of rotatable bonds is 3. The second-order valence-electron chi connectivity index (χ2n) is 2.74. The zero-order valence-corrected chi connectivity index (χ0v) is 8.08. The summed E-state index contributed by atoms with van der Waals surface area (Å²) < 4.78 is 10.3. The first kappa shape index (κ1) is 8.96. The maximum atomic E-state index is 10.5. The summed E-state index contributed by atoms with van der Waals surface area (Å²) in [6.45, 7) is -0.131. The van der Waals surface area contributed by atoms with E-state index in [0.29, 0.717) is 5.88 Å². The number of hydrogen-bond acceptors (Lipinski definition) is 4. The fourth-order valence-corrected chi connectivity index (χ4v) is 1.83. The molecule has 2 rings (SSSR count). The van der Waals surface area contributed by atoms with Crippen molar-refractivity contribution in [3.8, 4) is 5.88 Å². The minimum atomic E-state index is -0.498. The first-order valence-electron chi connectivity index (χ1n) is 4.03. The molecule has 0 spiro atoms. The molecule has 0 bridgehead atoms. The third-order valence-electron chi connectivity index (χ3n) is 1.70. The van der Waals surface area contributed by atoms with Crippen LogP contribution in [-0.4, -0.2) is 16.9 Å². The normalized spacial score (nSPS) is 10.3. The number of carbonyl (C=O) groups excluding carboxylic acids is 1. The van der Waals surface area contributed by atoms with Gasteiger partial charge in [0.25, 0.3) is 5.91 Å². The molecule has 72 valence electrons. The van der Waals surface area contributed by atoms with E-state index in [1.165, 1.54) is 11.5 Å². The average molecular weight is 208 g/mol. The Balaban J connectivity index is 2.29. The van der Waals surface area contributed by atoms with E-state index in [-0.39, 0.29) is 6.61 Å². The highest BCUT2D eigenvalue weighted by molar-refractivity contribution is 7.13. The van der Waals surface area contributed by atoms with E-state index in [4.69, 9.17) is 10.5 Å². The topological polar surface area (TPSA) is 65.2 Å². The van der Waals surface area contributed by atoms with Crippen molar-refractivity contribution in [2.45, 2.75) is 0 Å². The summed E-state index contributed by atoms with van der Waals surface area (Å²) in [6.07, 6.45) is 0. The SMILES string of the molecule is NC(=O)COc1nsc2ccccc12. The molecule has 1 amide bonds. The van der Waals surface area contributed by atoms with Gasteiger partial charge in [-0.15, -0.1) is 0 Å². The molecule has 0 aliphatic carbocycles. The number of amides is 1. The maximum Gasteiger partial charge on any atom is 0.255 e. The van der Waals surface area contributed by atoms with Crippen LogP contribution in [0, 0.1) is 0 Å². The van der Waals surface area contributed by atoms with E-state index < -0.39 is 5.91 Å². The molecule has 5 heteroatoms. The third-order valence-corrected chi connectivity index (χ3v) is 2.51. The summed E-state index contributed by atoms with van der Waals surface area (Å²) in [5, 5.41) is 0.916. The smallest absolute Gasteiger partial charge is 0.255 e. The van der Waals surface area contributed by atoms with Gasteiger partial charge in [0.05, 0.1) is 10.1 Å². The highest BCUT2D eigenvalue weighted by Gasteiger charge is 2.06. The first-order valence-corrected chi connectivity index (χ1v) is 4.80. The lowest BCUT2D eigenvalue weighted by Gasteiger charge is -1.98. The van der Waals surface area contributed by atoms with Crippen LogP contribution in [0.5, 0.6) is 5.88 Å². The number of fused-ring (bicyclic) bond motifs is 1. The Morgan fingerprint density at radius 3 is 3.07 bits per heavy atom. The predicted molar refractivity (Wildman–Crippen MR) is 54.3 cm³/mol. The van der Waals surface area contributed by atoms with Crippen LogP contribution in [0.1, 0.15) is 0 Å². The number of ether oxygens (including phenoxy) is 1. The van der Waals surface area contributed by atoms with Crippen LogP contribution < -0.4 is 10.5 Å². The van der Waals surface area contributed by atoms with Crippen molar-refractivity contribution < 1.29 is 9.53 Å². The Labute approximate surface area is 84.5 Å². The molecule has 0 fully saturated rings. The van der Waals surface area contributed by atoms with Gasteiger partial charge in [0.2, 0.25) is 5.88 Å². The summed E-state index contributed by atoms with van der Waals surface area (Å²) in [4.78, 5) is 10.5. The summed E-state index contributed by atoms with van der Waals surface area (Å²) in [6, 6.07) is 7.67. The number of nitrogens with two attached hydrogens (primary N) is 1.